The van der Waals surface area contributed by atoms with E-state index in [1.807, 2.05) is 18.2 Å². The van der Waals surface area contributed by atoms with Crippen molar-refractivity contribution >= 4 is 29.1 Å². The quantitative estimate of drug-likeness (QED) is 0.634. The van der Waals surface area contributed by atoms with E-state index in [2.05, 4.69) is 24.1 Å². The summed E-state index contributed by atoms with van der Waals surface area (Å²) in [5.74, 6) is 0.271. The summed E-state index contributed by atoms with van der Waals surface area (Å²) in [7, 11) is 0. The van der Waals surface area contributed by atoms with Gasteiger partial charge in [-0.25, -0.2) is 0 Å². The number of hydrogen-bond donors (Lipinski definition) is 3. The number of amides is 2. The zero-order chi connectivity index (χ0) is 20.1. The fourth-order valence-corrected chi connectivity index (χ4v) is 4.70. The lowest BCUT2D eigenvalue weighted by molar-refractivity contribution is -1.00. The zero-order valence-electron chi connectivity index (χ0n) is 17.0. The summed E-state index contributed by atoms with van der Waals surface area (Å²) in [6.45, 7) is 9.02. The Kier molecular flexibility index (Phi) is 7.32. The summed E-state index contributed by atoms with van der Waals surface area (Å²) < 4.78 is 0. The smallest absolute Gasteiger partial charge is 0.279 e. The molecule has 3 rings (SSSR count). The van der Waals surface area contributed by atoms with Crippen LogP contribution in [-0.4, -0.2) is 68.1 Å². The molecule has 0 saturated carbocycles. The monoisotopic (exact) mass is 408 g/mol. The fourth-order valence-electron chi connectivity index (χ4n) is 4.51. The number of benzene rings is 1. The third kappa shape index (κ3) is 5.46. The third-order valence-corrected chi connectivity index (χ3v) is 6.44. The molecule has 2 aliphatic rings. The van der Waals surface area contributed by atoms with E-state index in [1.165, 1.54) is 16.2 Å². The Morgan fingerprint density at radius 2 is 1.61 bits per heavy atom. The van der Waals surface area contributed by atoms with Crippen LogP contribution in [0.5, 0.6) is 0 Å². The second-order valence-corrected chi connectivity index (χ2v) is 8.72. The zero-order valence-corrected chi connectivity index (χ0v) is 17.7. The lowest BCUT2D eigenvalue weighted by atomic mass is 9.97. The first-order valence-corrected chi connectivity index (χ1v) is 10.8. The number of piperazine rings is 1. The van der Waals surface area contributed by atoms with Crippen molar-refractivity contribution in [2.75, 3.05) is 44.6 Å². The van der Waals surface area contributed by atoms with Crippen LogP contribution in [0.2, 0.25) is 5.02 Å². The van der Waals surface area contributed by atoms with Crippen molar-refractivity contribution < 1.29 is 19.4 Å². The molecule has 0 bridgehead atoms. The van der Waals surface area contributed by atoms with Crippen LogP contribution in [0.3, 0.4) is 0 Å². The number of quaternary nitrogens is 2. The van der Waals surface area contributed by atoms with Crippen molar-refractivity contribution in [3.05, 3.63) is 29.3 Å². The summed E-state index contributed by atoms with van der Waals surface area (Å²) >= 11 is 6.10. The Labute approximate surface area is 172 Å². The van der Waals surface area contributed by atoms with Gasteiger partial charge in [0.05, 0.1) is 10.7 Å². The minimum Gasteiger partial charge on any atom is -0.332 e. The molecule has 2 atom stereocenters. The molecule has 2 fully saturated rings. The van der Waals surface area contributed by atoms with Crippen molar-refractivity contribution in [2.24, 2.45) is 0 Å². The van der Waals surface area contributed by atoms with Crippen molar-refractivity contribution in [1.29, 1.82) is 0 Å². The van der Waals surface area contributed by atoms with Gasteiger partial charge >= 0.3 is 0 Å². The summed E-state index contributed by atoms with van der Waals surface area (Å²) in [5, 5.41) is 3.45. The topological polar surface area (TPSA) is 58.3 Å². The van der Waals surface area contributed by atoms with Gasteiger partial charge in [-0.3, -0.25) is 9.59 Å². The first-order valence-electron chi connectivity index (χ1n) is 10.5. The van der Waals surface area contributed by atoms with E-state index < -0.39 is 0 Å². The molecule has 2 heterocycles. The molecule has 28 heavy (non-hydrogen) atoms. The molecule has 0 spiro atoms. The van der Waals surface area contributed by atoms with Crippen LogP contribution in [0.15, 0.2) is 24.3 Å². The van der Waals surface area contributed by atoms with Crippen LogP contribution < -0.4 is 15.1 Å². The summed E-state index contributed by atoms with van der Waals surface area (Å²) in [5.41, 5.74) is 0.660. The van der Waals surface area contributed by atoms with Gasteiger partial charge < -0.3 is 20.0 Å². The maximum atomic E-state index is 12.8. The molecule has 2 aliphatic heterocycles. The Morgan fingerprint density at radius 1 is 1.04 bits per heavy atom. The highest BCUT2D eigenvalue weighted by Gasteiger charge is 2.33. The fraction of sp³-hybridized carbons (Fsp3) is 0.619. The largest absolute Gasteiger partial charge is 0.332 e. The van der Waals surface area contributed by atoms with Crippen LogP contribution in [0.25, 0.3) is 0 Å². The number of para-hydroxylation sites is 1. The van der Waals surface area contributed by atoms with E-state index in [0.717, 1.165) is 39.0 Å². The first-order chi connectivity index (χ1) is 13.4. The number of hydrogen-bond acceptors (Lipinski definition) is 2. The van der Waals surface area contributed by atoms with Gasteiger partial charge in [0.15, 0.2) is 13.1 Å². The molecule has 1 aromatic carbocycles. The molecule has 6 nitrogen and oxygen atoms in total. The van der Waals surface area contributed by atoms with Gasteiger partial charge in [0.2, 0.25) is 0 Å². The van der Waals surface area contributed by atoms with Crippen molar-refractivity contribution in [1.82, 2.24) is 4.90 Å². The third-order valence-electron chi connectivity index (χ3n) is 6.11. The number of anilines is 1. The lowest BCUT2D eigenvalue weighted by Crippen LogP contribution is -3.28. The highest BCUT2D eigenvalue weighted by atomic mass is 35.5. The summed E-state index contributed by atoms with van der Waals surface area (Å²) in [6, 6.07) is 8.00. The van der Waals surface area contributed by atoms with Gasteiger partial charge in [-0.05, 0) is 45.2 Å². The van der Waals surface area contributed by atoms with Gasteiger partial charge in [-0.2, -0.15) is 0 Å². The molecule has 0 aliphatic carbocycles. The summed E-state index contributed by atoms with van der Waals surface area (Å²) in [6.07, 6.45) is 3.45. The molecule has 0 aromatic heterocycles. The van der Waals surface area contributed by atoms with Crippen molar-refractivity contribution in [3.63, 3.8) is 0 Å². The molecule has 2 saturated heterocycles. The Bertz CT molecular complexity index is 681. The maximum absolute atomic E-state index is 12.8. The van der Waals surface area contributed by atoms with Crippen LogP contribution in [0.4, 0.5) is 5.69 Å². The Balaban J connectivity index is 1.42. The minimum absolute atomic E-state index is 0.0152. The van der Waals surface area contributed by atoms with E-state index in [9.17, 15) is 9.59 Å². The molecule has 1 aromatic rings. The average molecular weight is 409 g/mol. The van der Waals surface area contributed by atoms with E-state index in [-0.39, 0.29) is 11.8 Å². The number of carbonyl (C=O) groups excluding carboxylic acids is 2. The standard InChI is InChI=1S/C21H31ClN4O2/c1-16-6-5-7-17(2)26(16)21(28)15-25-12-10-24(11-13-25)14-20(27)23-19-9-4-3-8-18(19)22/h3-4,8-9,16-17H,5-7,10-15H2,1-2H3,(H,23,27)/p+2/t16-,17-/m0/s1. The second kappa shape index (κ2) is 9.72. The normalized spacial score (nSPS) is 28.0. The van der Waals surface area contributed by atoms with E-state index in [0.29, 0.717) is 35.9 Å². The van der Waals surface area contributed by atoms with Crippen molar-refractivity contribution in [3.8, 4) is 0 Å². The Morgan fingerprint density at radius 3 is 2.21 bits per heavy atom. The van der Waals surface area contributed by atoms with Gasteiger partial charge in [-0.1, -0.05) is 23.7 Å². The van der Waals surface area contributed by atoms with Crippen LogP contribution >= 0.6 is 11.6 Å². The Hall–Kier alpha value is -1.63. The molecule has 0 radical (unpaired) electrons. The number of likely N-dealkylation sites (tertiary alicyclic amines) is 1. The predicted octanol–water partition coefficient (Wildman–Crippen LogP) is -0.149. The van der Waals surface area contributed by atoms with Gasteiger partial charge in [0.1, 0.15) is 26.2 Å². The number of carbonyl (C=O) groups is 2. The van der Waals surface area contributed by atoms with E-state index in [4.69, 9.17) is 11.6 Å². The molecule has 0 unspecified atom stereocenters. The lowest BCUT2D eigenvalue weighted by Gasteiger charge is -2.39. The molecular weight excluding hydrogens is 376 g/mol. The van der Waals surface area contributed by atoms with Crippen LogP contribution in [0, 0.1) is 0 Å². The van der Waals surface area contributed by atoms with Gasteiger partial charge in [0.25, 0.3) is 11.8 Å². The van der Waals surface area contributed by atoms with Gasteiger partial charge in [0, 0.05) is 12.1 Å². The average Bonchev–Trinajstić information content (AvgIpc) is 2.65. The van der Waals surface area contributed by atoms with Crippen molar-refractivity contribution in [2.45, 2.75) is 45.2 Å². The van der Waals surface area contributed by atoms with Crippen LogP contribution in [0.1, 0.15) is 33.1 Å². The molecule has 7 heteroatoms. The van der Waals surface area contributed by atoms with Gasteiger partial charge in [-0.15, -0.1) is 0 Å². The molecule has 2 amide bonds. The number of nitrogens with one attached hydrogen (secondary N) is 3. The predicted molar refractivity (Wildman–Crippen MR) is 111 cm³/mol. The SMILES string of the molecule is C[C@H]1CCC[C@H](C)N1C(=O)C[NH+]1CC[NH+](CC(=O)Nc2ccccc2Cl)CC1. The summed E-state index contributed by atoms with van der Waals surface area (Å²) in [4.78, 5) is 29.8. The molecular formula is C21H33ClN4O2+2. The minimum atomic E-state index is -0.0152. The number of nitrogens with zero attached hydrogens (tertiary/aromatic N) is 1. The molecule has 3 N–H and O–H groups in total. The number of rotatable bonds is 5. The second-order valence-electron chi connectivity index (χ2n) is 8.31. The number of halogens is 1. The van der Waals surface area contributed by atoms with Crippen LogP contribution in [-0.2, 0) is 9.59 Å². The molecule has 154 valence electrons. The van der Waals surface area contributed by atoms with E-state index >= 15 is 0 Å². The maximum Gasteiger partial charge on any atom is 0.279 e. The number of piperidine rings is 1. The highest BCUT2D eigenvalue weighted by Crippen LogP contribution is 2.22. The van der Waals surface area contributed by atoms with E-state index in [1.54, 1.807) is 6.07 Å². The highest BCUT2D eigenvalue weighted by molar-refractivity contribution is 6.33. The first kappa shape index (κ1) is 21.1.